The van der Waals surface area contributed by atoms with E-state index in [0.29, 0.717) is 6.42 Å². The Morgan fingerprint density at radius 1 is 0.857 bits per heavy atom. The molecule has 70 heavy (non-hydrogen) atoms. The number of carboxylic acid groups (broad SMARTS) is 3. The van der Waals surface area contributed by atoms with E-state index in [1.54, 1.807) is 0 Å². The number of ether oxygens (including phenoxy) is 3. The number of nitrogens with zero attached hydrogens (tertiary/aromatic N) is 5. The first-order valence-electron chi connectivity index (χ1n) is 21.9. The third-order valence-electron chi connectivity index (χ3n) is 11.6. The maximum Gasteiger partial charge on any atom is 1.00 e. The maximum absolute atomic E-state index is 14.6. The van der Waals surface area contributed by atoms with Gasteiger partial charge in [0, 0.05) is 57.2 Å². The number of carbonyl (C=O) groups is 11. The number of aliphatic carboxylic acids is 3. The van der Waals surface area contributed by atoms with E-state index >= 15 is 0 Å². The van der Waals surface area contributed by atoms with Gasteiger partial charge in [-0.25, -0.2) is 10.4 Å². The summed E-state index contributed by atoms with van der Waals surface area (Å²) < 4.78 is 15.0. The van der Waals surface area contributed by atoms with Crippen LogP contribution in [0.25, 0.3) is 0 Å². The summed E-state index contributed by atoms with van der Waals surface area (Å²) in [5.41, 5.74) is 13.0. The molecule has 30 nitrogen and oxygen atoms in total. The fourth-order valence-corrected chi connectivity index (χ4v) is 8.49. The summed E-state index contributed by atoms with van der Waals surface area (Å²) in [5, 5.41) is 50.9. The molecule has 0 saturated carbocycles. The van der Waals surface area contributed by atoms with E-state index in [9.17, 15) is 73.3 Å². The second kappa shape index (κ2) is 31.5. The van der Waals surface area contributed by atoms with Crippen LogP contribution in [-0.2, 0) is 67.0 Å². The van der Waals surface area contributed by atoms with Gasteiger partial charge in [-0.1, -0.05) is 0 Å². The Bertz CT molecular complexity index is 1820. The van der Waals surface area contributed by atoms with Crippen LogP contribution >= 0.6 is 0 Å². The van der Waals surface area contributed by atoms with Gasteiger partial charge in [0.1, 0.15) is 37.6 Å². The largest absolute Gasteiger partial charge is 1.00 e. The van der Waals surface area contributed by atoms with Gasteiger partial charge < -0.3 is 77.2 Å². The SMILES string of the molecule is NC(N)=NCCC[C@@H]1NC(=O)[C@@H]2CC[C@H]3C[C@@H](CC(CC[C@@H](OC=O)N(CCN(COC=O)COC=O)CCN(CC(=O)O)CC(=O)O)NO)[C@@H](NC(=O)[C@H](CC(=O)[O-])NC(=O)CNC1=O)C(=O)N32.[Na+]. The molecule has 0 spiro atoms. The molecule has 31 heteroatoms. The predicted molar refractivity (Wildman–Crippen MR) is 228 cm³/mol. The van der Waals surface area contributed by atoms with Crippen molar-refractivity contribution in [2.75, 3.05) is 65.8 Å². The van der Waals surface area contributed by atoms with Crippen molar-refractivity contribution in [3.05, 3.63) is 0 Å². The Labute approximate surface area is 423 Å². The number of hydrogen-bond donors (Lipinski definition) is 10. The number of carboxylic acids is 3. The summed E-state index contributed by atoms with van der Waals surface area (Å²) in [5.74, 6) is -9.76. The molecular weight excluding hydrogens is 947 g/mol. The molecule has 386 valence electrons. The summed E-state index contributed by atoms with van der Waals surface area (Å²) >= 11 is 0. The fourth-order valence-electron chi connectivity index (χ4n) is 8.49. The molecule has 0 aromatic rings. The van der Waals surface area contributed by atoms with Crippen molar-refractivity contribution < 1.29 is 117 Å². The van der Waals surface area contributed by atoms with Crippen molar-refractivity contribution in [1.29, 1.82) is 0 Å². The predicted octanol–water partition coefficient (Wildman–Crippen LogP) is -10.5. The first-order valence-corrected chi connectivity index (χ1v) is 21.9. The van der Waals surface area contributed by atoms with E-state index in [2.05, 4.69) is 31.7 Å². The van der Waals surface area contributed by atoms with E-state index in [-0.39, 0.29) is 146 Å². The summed E-state index contributed by atoms with van der Waals surface area (Å²) in [6.45, 7) is -2.58. The van der Waals surface area contributed by atoms with Crippen molar-refractivity contribution >= 4 is 72.8 Å². The Balaban J connectivity index is 0.0000168. The zero-order valence-corrected chi connectivity index (χ0v) is 40.6. The molecular formula is C39H61N12NaO18. The zero-order chi connectivity index (χ0) is 51.0. The number of amides is 5. The molecule has 5 amide bonds. The van der Waals surface area contributed by atoms with Crippen molar-refractivity contribution in [2.45, 2.75) is 100 Å². The summed E-state index contributed by atoms with van der Waals surface area (Å²) in [4.78, 5) is 146. The zero-order valence-electron chi connectivity index (χ0n) is 38.6. The van der Waals surface area contributed by atoms with Gasteiger partial charge in [-0.15, -0.1) is 0 Å². The monoisotopic (exact) mass is 1010 g/mol. The number of hydrogen-bond acceptors (Lipinski definition) is 21. The van der Waals surface area contributed by atoms with Crippen LogP contribution in [0.3, 0.4) is 0 Å². The maximum atomic E-state index is 14.6. The van der Waals surface area contributed by atoms with Gasteiger partial charge in [0.05, 0.1) is 19.6 Å². The molecule has 2 bridgehead atoms. The number of nitrogens with two attached hydrogens (primary N) is 2. The van der Waals surface area contributed by atoms with Crippen LogP contribution in [0.5, 0.6) is 0 Å². The average Bonchev–Trinajstić information content (AvgIpc) is 3.72. The van der Waals surface area contributed by atoms with Crippen LogP contribution in [0.15, 0.2) is 4.99 Å². The van der Waals surface area contributed by atoms with Crippen LogP contribution in [-0.4, -0.2) is 216 Å². The van der Waals surface area contributed by atoms with Gasteiger partial charge in [-0.3, -0.25) is 62.7 Å². The van der Waals surface area contributed by atoms with Gasteiger partial charge in [-0.05, 0) is 57.3 Å². The minimum absolute atomic E-state index is 0. The van der Waals surface area contributed by atoms with Gasteiger partial charge in [0.25, 0.3) is 19.4 Å². The number of piperidine rings is 1. The number of fused-ring (bicyclic) bond motifs is 1. The van der Waals surface area contributed by atoms with Crippen molar-refractivity contribution in [3.8, 4) is 0 Å². The first-order chi connectivity index (χ1) is 32.9. The molecule has 3 heterocycles. The van der Waals surface area contributed by atoms with E-state index < -0.39 is 122 Å². The third kappa shape index (κ3) is 20.3. The molecule has 3 aliphatic heterocycles. The van der Waals surface area contributed by atoms with E-state index in [4.69, 9.17) is 25.7 Å². The molecule has 3 rings (SSSR count). The van der Waals surface area contributed by atoms with E-state index in [1.807, 2.05) is 0 Å². The van der Waals surface area contributed by atoms with Crippen LogP contribution in [0.2, 0.25) is 0 Å². The number of rotatable bonds is 31. The molecule has 12 N–H and O–H groups in total. The average molecular weight is 1010 g/mol. The number of aliphatic imine (C=N–C) groups is 1. The van der Waals surface area contributed by atoms with Crippen LogP contribution < -0.4 is 72.9 Å². The van der Waals surface area contributed by atoms with E-state index in [1.165, 1.54) is 14.7 Å². The van der Waals surface area contributed by atoms with Crippen LogP contribution in [0.4, 0.5) is 0 Å². The standard InChI is InChI=1S/C39H62N12O18.Na/c40-39(41)42-7-1-2-26-35(62)43-15-29(55)44-27(14-31(56)57)36(63)46-34-23(13-25-4-5-28(37(64)45-26)51(25)38(34)65)12-24(47-66)3-6-30(69-22-54)50(10-8-48(16-32(58)59)17-33(60)61)11-9-49(18-67-20-52)19-68-21-53;/h20-28,30,34,47,66H,1-19H2,(H,43,62)(H,44,55)(H,45,64)(H,46,63)(H,56,57)(H,58,59)(H,60,61)(H4,40,41,42);/q;+1/p-1/t23-,24?,25+,26+,27+,28+,30-,34-;/m1./s1. The molecule has 8 atom stereocenters. The second-order valence-corrected chi connectivity index (χ2v) is 16.4. The van der Waals surface area contributed by atoms with Gasteiger partial charge in [0.15, 0.2) is 12.2 Å². The Morgan fingerprint density at radius 2 is 1.50 bits per heavy atom. The molecule has 1 unspecified atom stereocenters. The minimum atomic E-state index is -1.80. The van der Waals surface area contributed by atoms with Gasteiger partial charge in [0.2, 0.25) is 29.5 Å². The number of carbonyl (C=O) groups excluding carboxylic acids is 9. The first kappa shape index (κ1) is 60.4. The second-order valence-electron chi connectivity index (χ2n) is 16.4. The molecule has 0 aromatic heterocycles. The fraction of sp³-hybridized carbons (Fsp3) is 0.692. The molecule has 3 aliphatic rings. The Morgan fingerprint density at radius 3 is 2.07 bits per heavy atom. The molecule has 3 fully saturated rings. The molecule has 0 radical (unpaired) electrons. The quantitative estimate of drug-likeness (QED) is 0.00450. The minimum Gasteiger partial charge on any atom is -0.550 e. The number of nitrogens with one attached hydrogen (secondary N) is 5. The van der Waals surface area contributed by atoms with E-state index in [0.717, 1.165) is 4.90 Å². The molecule has 3 saturated heterocycles. The summed E-state index contributed by atoms with van der Waals surface area (Å²) in [7, 11) is 0. The van der Waals surface area contributed by atoms with Crippen molar-refractivity contribution in [1.82, 2.24) is 46.3 Å². The summed E-state index contributed by atoms with van der Waals surface area (Å²) in [6.07, 6.45) is -1.60. The molecule has 0 aromatic carbocycles. The van der Waals surface area contributed by atoms with Crippen LogP contribution in [0.1, 0.15) is 57.8 Å². The van der Waals surface area contributed by atoms with Gasteiger partial charge in [-0.2, -0.15) is 0 Å². The Kier molecular flexibility index (Phi) is 27.1. The topological polar surface area (TPSA) is 437 Å². The van der Waals surface area contributed by atoms with Crippen LogP contribution in [0, 0.1) is 5.92 Å². The van der Waals surface area contributed by atoms with Crippen molar-refractivity contribution in [3.63, 3.8) is 0 Å². The third-order valence-corrected chi connectivity index (χ3v) is 11.6. The number of guanidine groups is 1. The van der Waals surface area contributed by atoms with Crippen molar-refractivity contribution in [2.24, 2.45) is 22.4 Å². The molecule has 0 aliphatic carbocycles. The smallest absolute Gasteiger partial charge is 0.550 e. The summed E-state index contributed by atoms with van der Waals surface area (Å²) in [6, 6.07) is -7.15. The normalized spacial score (nSPS) is 22.4. The Hall–Kier alpha value is -5.76. The number of hydroxylamine groups is 1. The van der Waals surface area contributed by atoms with Gasteiger partial charge >= 0.3 is 41.5 Å².